The van der Waals surface area contributed by atoms with Gasteiger partial charge in [0.25, 0.3) is 0 Å². The van der Waals surface area contributed by atoms with Gasteiger partial charge in [0.2, 0.25) is 11.8 Å². The first-order valence-corrected chi connectivity index (χ1v) is 12.2. The van der Waals surface area contributed by atoms with Crippen LogP contribution in [0, 0.1) is 11.7 Å². The van der Waals surface area contributed by atoms with Crippen LogP contribution in [0.5, 0.6) is 5.75 Å². The number of rotatable bonds is 8. The summed E-state index contributed by atoms with van der Waals surface area (Å²) >= 11 is 0. The number of amides is 2. The van der Waals surface area contributed by atoms with E-state index in [0.29, 0.717) is 44.8 Å². The lowest BCUT2D eigenvalue weighted by atomic mass is 9.90. The Bertz CT molecular complexity index is 947. The minimum Gasteiger partial charge on any atom is -0.490 e. The van der Waals surface area contributed by atoms with Gasteiger partial charge in [-0.05, 0) is 55.8 Å². The minimum atomic E-state index is -0.316. The molecule has 0 unspecified atom stereocenters. The fraction of sp³-hybridized carbons (Fsp3) is 0.481. The summed E-state index contributed by atoms with van der Waals surface area (Å²) in [6.45, 7) is 4.02. The van der Waals surface area contributed by atoms with Crippen molar-refractivity contribution in [2.45, 2.75) is 38.3 Å². The van der Waals surface area contributed by atoms with Gasteiger partial charge in [-0.3, -0.25) is 14.5 Å². The van der Waals surface area contributed by atoms with Crippen molar-refractivity contribution in [3.63, 3.8) is 0 Å². The summed E-state index contributed by atoms with van der Waals surface area (Å²) in [7, 11) is 1.81. The zero-order valence-corrected chi connectivity index (χ0v) is 19.9. The maximum atomic E-state index is 13.3. The second-order valence-electron chi connectivity index (χ2n) is 9.42. The summed E-state index contributed by atoms with van der Waals surface area (Å²) in [6, 6.07) is 15.9. The van der Waals surface area contributed by atoms with E-state index >= 15 is 0 Å². The van der Waals surface area contributed by atoms with Crippen LogP contribution in [0.25, 0.3) is 0 Å². The van der Waals surface area contributed by atoms with Crippen molar-refractivity contribution in [2.24, 2.45) is 5.92 Å². The minimum absolute atomic E-state index is 0.0235. The highest BCUT2D eigenvalue weighted by molar-refractivity contribution is 5.79. The van der Waals surface area contributed by atoms with E-state index in [9.17, 15) is 14.0 Å². The number of benzene rings is 2. The van der Waals surface area contributed by atoms with E-state index in [4.69, 9.17) is 4.74 Å². The summed E-state index contributed by atoms with van der Waals surface area (Å²) in [5, 5.41) is 0. The molecule has 0 radical (unpaired) electrons. The fourth-order valence-corrected chi connectivity index (χ4v) is 4.83. The highest BCUT2D eigenvalue weighted by Gasteiger charge is 2.35. The first-order chi connectivity index (χ1) is 16.5. The zero-order chi connectivity index (χ0) is 23.9. The van der Waals surface area contributed by atoms with Crippen molar-refractivity contribution in [3.05, 3.63) is 66.0 Å². The molecule has 0 bridgehead atoms. The predicted octanol–water partition coefficient (Wildman–Crippen LogP) is 3.57. The van der Waals surface area contributed by atoms with E-state index in [1.807, 2.05) is 42.3 Å². The maximum absolute atomic E-state index is 13.3. The van der Waals surface area contributed by atoms with Gasteiger partial charge in [0.05, 0.1) is 6.54 Å². The molecule has 0 spiro atoms. The summed E-state index contributed by atoms with van der Waals surface area (Å²) in [5.74, 6) is 0.280. The highest BCUT2D eigenvalue weighted by Crippen LogP contribution is 2.27. The van der Waals surface area contributed by atoms with Crippen molar-refractivity contribution in [1.29, 1.82) is 0 Å². The predicted molar refractivity (Wildman–Crippen MR) is 129 cm³/mol. The molecule has 0 saturated carbocycles. The molecule has 2 aromatic rings. The molecule has 2 atom stereocenters. The van der Waals surface area contributed by atoms with Gasteiger partial charge in [-0.15, -0.1) is 0 Å². The molecule has 7 heteroatoms. The molecule has 0 aromatic heterocycles. The van der Waals surface area contributed by atoms with Crippen LogP contribution in [0.2, 0.25) is 0 Å². The molecule has 2 aliphatic rings. The Kier molecular flexibility index (Phi) is 8.16. The van der Waals surface area contributed by atoms with Crippen LogP contribution in [0.3, 0.4) is 0 Å². The highest BCUT2D eigenvalue weighted by atomic mass is 19.1. The Hall–Kier alpha value is -2.93. The van der Waals surface area contributed by atoms with Crippen molar-refractivity contribution in [2.75, 3.05) is 39.8 Å². The van der Waals surface area contributed by atoms with Crippen molar-refractivity contribution in [3.8, 4) is 5.75 Å². The molecule has 2 aliphatic heterocycles. The second-order valence-corrected chi connectivity index (χ2v) is 9.42. The van der Waals surface area contributed by atoms with Gasteiger partial charge < -0.3 is 14.5 Å². The lowest BCUT2D eigenvalue weighted by Gasteiger charge is -2.39. The Balaban J connectivity index is 1.42. The molecule has 0 N–H and O–H groups in total. The van der Waals surface area contributed by atoms with E-state index in [1.165, 1.54) is 12.1 Å². The molecule has 6 nitrogen and oxygen atoms in total. The van der Waals surface area contributed by atoms with Crippen LogP contribution in [0.15, 0.2) is 54.6 Å². The Morgan fingerprint density at radius 1 is 1.03 bits per heavy atom. The fourth-order valence-electron chi connectivity index (χ4n) is 4.83. The van der Waals surface area contributed by atoms with E-state index in [1.54, 1.807) is 17.0 Å². The Labute approximate surface area is 201 Å². The third-order valence-electron chi connectivity index (χ3n) is 6.80. The van der Waals surface area contributed by atoms with Crippen molar-refractivity contribution < 1.29 is 18.7 Å². The van der Waals surface area contributed by atoms with Crippen LogP contribution in [-0.4, -0.2) is 72.4 Å². The lowest BCUT2D eigenvalue weighted by Crippen LogP contribution is -2.51. The van der Waals surface area contributed by atoms with E-state index in [0.717, 1.165) is 31.5 Å². The quantitative estimate of drug-likeness (QED) is 0.596. The third-order valence-corrected chi connectivity index (χ3v) is 6.80. The van der Waals surface area contributed by atoms with Gasteiger partial charge in [0.15, 0.2) is 0 Å². The lowest BCUT2D eigenvalue weighted by molar-refractivity contribution is -0.139. The third kappa shape index (κ3) is 6.56. The summed E-state index contributed by atoms with van der Waals surface area (Å²) in [4.78, 5) is 31.9. The SMILES string of the molecule is CN(Cc1ccccc1)C(=O)C[C@H]1CN(C(=O)CN2CCCC2)CC[C@@H]1Oc1ccc(F)cc1. The number of likely N-dealkylation sites (tertiary alicyclic amines) is 2. The molecule has 0 aliphatic carbocycles. The van der Waals surface area contributed by atoms with Crippen molar-refractivity contribution >= 4 is 11.8 Å². The number of halogens is 1. The van der Waals surface area contributed by atoms with Gasteiger partial charge in [0, 0.05) is 45.4 Å². The van der Waals surface area contributed by atoms with Crippen LogP contribution in [0.1, 0.15) is 31.2 Å². The summed E-state index contributed by atoms with van der Waals surface area (Å²) in [5.41, 5.74) is 1.07. The molecule has 2 saturated heterocycles. The molecule has 2 fully saturated rings. The Morgan fingerprint density at radius 3 is 2.44 bits per heavy atom. The average molecular weight is 468 g/mol. The number of carbonyl (C=O) groups is 2. The molecular formula is C27H34FN3O3. The zero-order valence-electron chi connectivity index (χ0n) is 19.9. The van der Waals surface area contributed by atoms with Gasteiger partial charge in [-0.1, -0.05) is 30.3 Å². The van der Waals surface area contributed by atoms with Gasteiger partial charge >= 0.3 is 0 Å². The first-order valence-electron chi connectivity index (χ1n) is 12.2. The number of carbonyl (C=O) groups excluding carboxylic acids is 2. The van der Waals surface area contributed by atoms with Crippen LogP contribution in [0.4, 0.5) is 4.39 Å². The molecule has 2 aromatic carbocycles. The van der Waals surface area contributed by atoms with E-state index in [-0.39, 0.29) is 29.7 Å². The maximum Gasteiger partial charge on any atom is 0.236 e. The molecule has 4 rings (SSSR count). The van der Waals surface area contributed by atoms with E-state index < -0.39 is 0 Å². The van der Waals surface area contributed by atoms with Gasteiger partial charge in [-0.25, -0.2) is 4.39 Å². The number of ether oxygens (including phenoxy) is 1. The standard InChI is InChI=1S/C27H34FN3O3/c1-29(18-21-7-3-2-4-8-21)26(32)17-22-19-31(27(33)20-30-14-5-6-15-30)16-13-25(22)34-24-11-9-23(28)10-12-24/h2-4,7-12,22,25H,5-6,13-20H2,1H3/t22-,25-/m0/s1. The average Bonchev–Trinajstić information content (AvgIpc) is 3.35. The van der Waals surface area contributed by atoms with E-state index in [2.05, 4.69) is 4.90 Å². The van der Waals surface area contributed by atoms with Crippen LogP contribution in [-0.2, 0) is 16.1 Å². The first kappa shape index (κ1) is 24.2. The largest absolute Gasteiger partial charge is 0.490 e. The summed E-state index contributed by atoms with van der Waals surface area (Å²) in [6.07, 6.45) is 3.01. The number of hydrogen-bond donors (Lipinski definition) is 0. The van der Waals surface area contributed by atoms with Crippen LogP contribution >= 0.6 is 0 Å². The smallest absolute Gasteiger partial charge is 0.236 e. The molecule has 2 heterocycles. The number of hydrogen-bond acceptors (Lipinski definition) is 4. The Morgan fingerprint density at radius 2 is 1.74 bits per heavy atom. The second kappa shape index (κ2) is 11.5. The molecule has 182 valence electrons. The molecular weight excluding hydrogens is 433 g/mol. The molecule has 2 amide bonds. The topological polar surface area (TPSA) is 53.1 Å². The number of piperidine rings is 1. The van der Waals surface area contributed by atoms with Crippen LogP contribution < -0.4 is 4.74 Å². The summed E-state index contributed by atoms with van der Waals surface area (Å²) < 4.78 is 19.5. The molecule has 34 heavy (non-hydrogen) atoms. The van der Waals surface area contributed by atoms with Gasteiger partial charge in [-0.2, -0.15) is 0 Å². The number of nitrogens with zero attached hydrogens (tertiary/aromatic N) is 3. The van der Waals surface area contributed by atoms with Crippen molar-refractivity contribution in [1.82, 2.24) is 14.7 Å². The normalized spacial score (nSPS) is 20.8. The monoisotopic (exact) mass is 467 g/mol. The van der Waals surface area contributed by atoms with Gasteiger partial charge in [0.1, 0.15) is 17.7 Å².